The highest BCUT2D eigenvalue weighted by Gasteiger charge is 2.29. The van der Waals surface area contributed by atoms with E-state index in [0.29, 0.717) is 19.5 Å². The van der Waals surface area contributed by atoms with E-state index < -0.39 is 11.9 Å². The van der Waals surface area contributed by atoms with E-state index in [4.69, 9.17) is 5.11 Å². The summed E-state index contributed by atoms with van der Waals surface area (Å²) < 4.78 is 0. The first kappa shape index (κ1) is 15.1. The first-order valence-electron chi connectivity index (χ1n) is 7.84. The third kappa shape index (κ3) is 4.12. The molecule has 5 nitrogen and oxygen atoms in total. The Balaban J connectivity index is 1.83. The molecule has 0 spiro atoms. The van der Waals surface area contributed by atoms with E-state index in [1.807, 2.05) is 0 Å². The smallest absolute Gasteiger partial charge is 0.317 e. The maximum atomic E-state index is 12.3. The van der Waals surface area contributed by atoms with Gasteiger partial charge in [0.25, 0.3) is 0 Å². The van der Waals surface area contributed by atoms with Crippen LogP contribution in [0.15, 0.2) is 0 Å². The second-order valence-electron chi connectivity index (χ2n) is 6.38. The summed E-state index contributed by atoms with van der Waals surface area (Å²) in [5.74, 6) is -0.433. The standard InChI is InChI=1S/C15H26N2O3/c1-11-4-2-6-13(8-7-11)16-15(20)17-9-3-5-12(10-17)14(18)19/h11-13H,2-10H2,1H3,(H,16,20)(H,18,19). The predicted octanol–water partition coefficient (Wildman–Crippen LogP) is 2.46. The molecule has 2 amide bonds. The molecule has 2 fully saturated rings. The number of carboxylic acids is 1. The summed E-state index contributed by atoms with van der Waals surface area (Å²) in [6.45, 7) is 3.30. The largest absolute Gasteiger partial charge is 0.481 e. The van der Waals surface area contributed by atoms with Crippen molar-refractivity contribution in [1.29, 1.82) is 0 Å². The lowest BCUT2D eigenvalue weighted by Gasteiger charge is -2.32. The molecule has 0 aromatic rings. The van der Waals surface area contributed by atoms with E-state index in [2.05, 4.69) is 12.2 Å². The number of likely N-dealkylation sites (tertiary alicyclic amines) is 1. The van der Waals surface area contributed by atoms with Crippen LogP contribution >= 0.6 is 0 Å². The van der Waals surface area contributed by atoms with Gasteiger partial charge in [0.15, 0.2) is 0 Å². The number of hydrogen-bond donors (Lipinski definition) is 2. The average Bonchev–Trinajstić information content (AvgIpc) is 2.64. The molecule has 5 heteroatoms. The van der Waals surface area contributed by atoms with Crippen LogP contribution < -0.4 is 5.32 Å². The molecule has 1 aliphatic carbocycles. The van der Waals surface area contributed by atoms with Crippen LogP contribution in [0.4, 0.5) is 4.79 Å². The summed E-state index contributed by atoms with van der Waals surface area (Å²) in [5.41, 5.74) is 0. The van der Waals surface area contributed by atoms with Gasteiger partial charge in [0.05, 0.1) is 5.92 Å². The van der Waals surface area contributed by atoms with Gasteiger partial charge >= 0.3 is 12.0 Å². The second-order valence-corrected chi connectivity index (χ2v) is 6.38. The molecule has 2 N–H and O–H groups in total. The van der Waals surface area contributed by atoms with Crippen molar-refractivity contribution in [3.8, 4) is 0 Å². The Kier molecular flexibility index (Phi) is 5.26. The van der Waals surface area contributed by atoms with E-state index >= 15 is 0 Å². The lowest BCUT2D eigenvalue weighted by Crippen LogP contribution is -2.49. The first-order valence-corrected chi connectivity index (χ1v) is 7.84. The minimum Gasteiger partial charge on any atom is -0.481 e. The molecule has 2 rings (SSSR count). The van der Waals surface area contributed by atoms with Gasteiger partial charge in [-0.25, -0.2) is 4.79 Å². The fraction of sp³-hybridized carbons (Fsp3) is 0.867. The summed E-state index contributed by atoms with van der Waals surface area (Å²) in [6, 6.07) is 0.188. The van der Waals surface area contributed by atoms with E-state index in [1.165, 1.54) is 19.3 Å². The van der Waals surface area contributed by atoms with Crippen molar-refractivity contribution in [2.24, 2.45) is 11.8 Å². The number of amides is 2. The maximum absolute atomic E-state index is 12.3. The fourth-order valence-corrected chi connectivity index (χ4v) is 3.26. The van der Waals surface area contributed by atoms with E-state index in [0.717, 1.165) is 25.2 Å². The van der Waals surface area contributed by atoms with Crippen molar-refractivity contribution >= 4 is 12.0 Å². The fourth-order valence-electron chi connectivity index (χ4n) is 3.26. The van der Waals surface area contributed by atoms with Crippen LogP contribution in [0.25, 0.3) is 0 Å². The van der Waals surface area contributed by atoms with Crippen LogP contribution in [-0.2, 0) is 4.79 Å². The number of nitrogens with zero attached hydrogens (tertiary/aromatic N) is 1. The zero-order valence-electron chi connectivity index (χ0n) is 12.3. The minimum absolute atomic E-state index is 0.0736. The molecule has 114 valence electrons. The van der Waals surface area contributed by atoms with Gasteiger partial charge in [0, 0.05) is 19.1 Å². The molecular formula is C15H26N2O3. The zero-order valence-corrected chi connectivity index (χ0v) is 12.3. The first-order chi connectivity index (χ1) is 9.56. The highest BCUT2D eigenvalue weighted by atomic mass is 16.4. The number of nitrogens with one attached hydrogen (secondary N) is 1. The van der Waals surface area contributed by atoms with Crippen LogP contribution in [0.1, 0.15) is 51.9 Å². The van der Waals surface area contributed by atoms with Gasteiger partial charge in [-0.15, -0.1) is 0 Å². The number of aliphatic carboxylic acids is 1. The quantitative estimate of drug-likeness (QED) is 0.764. The molecule has 1 aliphatic heterocycles. The molecule has 2 aliphatic rings. The van der Waals surface area contributed by atoms with Gasteiger partial charge in [0.2, 0.25) is 0 Å². The highest BCUT2D eigenvalue weighted by Crippen LogP contribution is 2.23. The summed E-state index contributed by atoms with van der Waals surface area (Å²) in [5, 5.41) is 12.2. The van der Waals surface area contributed by atoms with Crippen molar-refractivity contribution in [2.75, 3.05) is 13.1 Å². The van der Waals surface area contributed by atoms with Gasteiger partial charge in [-0.05, 0) is 38.0 Å². The van der Waals surface area contributed by atoms with E-state index in [-0.39, 0.29) is 12.1 Å². The van der Waals surface area contributed by atoms with Gasteiger partial charge in [-0.2, -0.15) is 0 Å². The van der Waals surface area contributed by atoms with Crippen LogP contribution in [-0.4, -0.2) is 41.1 Å². The molecule has 1 saturated carbocycles. The SMILES string of the molecule is CC1CCCC(NC(=O)N2CCCC(C(=O)O)C2)CC1. The molecule has 0 aromatic carbocycles. The lowest BCUT2D eigenvalue weighted by molar-refractivity contribution is -0.143. The summed E-state index contributed by atoms with van der Waals surface area (Å²) in [7, 11) is 0. The van der Waals surface area contributed by atoms with E-state index in [9.17, 15) is 9.59 Å². The van der Waals surface area contributed by atoms with Crippen LogP contribution in [0.3, 0.4) is 0 Å². The van der Waals surface area contributed by atoms with Crippen molar-refractivity contribution < 1.29 is 14.7 Å². The molecule has 0 bridgehead atoms. The summed E-state index contributed by atoms with van der Waals surface area (Å²) >= 11 is 0. The molecule has 3 atom stereocenters. The molecule has 3 unspecified atom stereocenters. The Bertz CT molecular complexity index is 359. The van der Waals surface area contributed by atoms with Crippen LogP contribution in [0.5, 0.6) is 0 Å². The van der Waals surface area contributed by atoms with Gasteiger partial charge in [-0.1, -0.05) is 19.8 Å². The normalized spacial score (nSPS) is 31.4. The number of piperidine rings is 1. The van der Waals surface area contributed by atoms with Crippen molar-refractivity contribution in [2.45, 2.75) is 57.9 Å². The van der Waals surface area contributed by atoms with Crippen molar-refractivity contribution in [3.63, 3.8) is 0 Å². The maximum Gasteiger partial charge on any atom is 0.317 e. The van der Waals surface area contributed by atoms with Crippen LogP contribution in [0.2, 0.25) is 0 Å². The number of carbonyl (C=O) groups is 2. The number of carboxylic acid groups (broad SMARTS) is 1. The molecule has 0 radical (unpaired) electrons. The third-order valence-electron chi connectivity index (χ3n) is 4.64. The Morgan fingerprint density at radius 2 is 1.90 bits per heavy atom. The topological polar surface area (TPSA) is 69.6 Å². The Hall–Kier alpha value is -1.26. The summed E-state index contributed by atoms with van der Waals surface area (Å²) in [6.07, 6.45) is 7.14. The predicted molar refractivity (Wildman–Crippen MR) is 76.5 cm³/mol. The summed E-state index contributed by atoms with van der Waals surface area (Å²) in [4.78, 5) is 25.0. The third-order valence-corrected chi connectivity index (χ3v) is 4.64. The number of carbonyl (C=O) groups excluding carboxylic acids is 1. The molecule has 20 heavy (non-hydrogen) atoms. The molecule has 1 heterocycles. The number of hydrogen-bond acceptors (Lipinski definition) is 2. The molecule has 0 aromatic heterocycles. The van der Waals surface area contributed by atoms with Gasteiger partial charge in [-0.3, -0.25) is 4.79 Å². The van der Waals surface area contributed by atoms with Crippen molar-refractivity contribution in [1.82, 2.24) is 10.2 Å². The van der Waals surface area contributed by atoms with Gasteiger partial charge in [0.1, 0.15) is 0 Å². The zero-order chi connectivity index (χ0) is 14.5. The number of urea groups is 1. The molecular weight excluding hydrogens is 256 g/mol. The Morgan fingerprint density at radius 3 is 2.65 bits per heavy atom. The Labute approximate surface area is 120 Å². The number of rotatable bonds is 2. The minimum atomic E-state index is -0.786. The van der Waals surface area contributed by atoms with Gasteiger partial charge < -0.3 is 15.3 Å². The monoisotopic (exact) mass is 282 g/mol. The Morgan fingerprint density at radius 1 is 1.10 bits per heavy atom. The highest BCUT2D eigenvalue weighted by molar-refractivity contribution is 5.76. The average molecular weight is 282 g/mol. The lowest BCUT2D eigenvalue weighted by atomic mass is 9.98. The van der Waals surface area contributed by atoms with E-state index in [1.54, 1.807) is 4.90 Å². The van der Waals surface area contributed by atoms with Crippen LogP contribution in [0, 0.1) is 11.8 Å². The molecule has 1 saturated heterocycles. The second kappa shape index (κ2) is 6.95. The van der Waals surface area contributed by atoms with Crippen molar-refractivity contribution in [3.05, 3.63) is 0 Å².